The van der Waals surface area contributed by atoms with E-state index in [1.165, 1.54) is 0 Å². The average molecular weight is 357 g/mol. The first-order valence-corrected chi connectivity index (χ1v) is 9.51. The summed E-state index contributed by atoms with van der Waals surface area (Å²) in [6.07, 6.45) is 7.04. The van der Waals surface area contributed by atoms with Crippen molar-refractivity contribution in [1.29, 1.82) is 0 Å². The predicted octanol–water partition coefficient (Wildman–Crippen LogP) is 2.34. The first-order valence-electron chi connectivity index (χ1n) is 9.51. The Kier molecular flexibility index (Phi) is 5.99. The molecule has 142 valence electrons. The Morgan fingerprint density at radius 3 is 2.77 bits per heavy atom. The van der Waals surface area contributed by atoms with Crippen LogP contribution in [0.15, 0.2) is 30.3 Å². The Morgan fingerprint density at radius 2 is 1.96 bits per heavy atom. The molecule has 1 aromatic rings. The van der Waals surface area contributed by atoms with Gasteiger partial charge in [-0.05, 0) is 26.0 Å². The summed E-state index contributed by atoms with van der Waals surface area (Å²) in [5, 5.41) is 0. The van der Waals surface area contributed by atoms with Crippen molar-refractivity contribution in [3.8, 4) is 5.75 Å². The van der Waals surface area contributed by atoms with Gasteiger partial charge in [0.1, 0.15) is 5.75 Å². The van der Waals surface area contributed by atoms with Crippen molar-refractivity contribution in [2.24, 2.45) is 0 Å². The highest BCUT2D eigenvalue weighted by molar-refractivity contribution is 5.76. The third kappa shape index (κ3) is 4.10. The Labute approximate surface area is 157 Å². The molecular weight excluding hydrogens is 326 g/mol. The summed E-state index contributed by atoms with van der Waals surface area (Å²) in [5.74, 6) is 1.19. The fourth-order valence-electron chi connectivity index (χ4n) is 4.13. The number of piperazine rings is 1. The van der Waals surface area contributed by atoms with E-state index in [0.29, 0.717) is 6.42 Å². The molecule has 2 aliphatic heterocycles. The number of carbonyl (C=O) groups excluding carboxylic acids is 1. The van der Waals surface area contributed by atoms with Gasteiger partial charge in [-0.3, -0.25) is 14.6 Å². The smallest absolute Gasteiger partial charge is 0.222 e. The van der Waals surface area contributed by atoms with Gasteiger partial charge < -0.3 is 9.64 Å². The average Bonchev–Trinajstić information content (AvgIpc) is 2.80. The molecule has 2 saturated heterocycles. The second-order valence-corrected chi connectivity index (χ2v) is 7.59. The number of para-hydroxylation sites is 1. The number of nitrogens with zero attached hydrogens (tertiary/aromatic N) is 3. The molecule has 0 saturated carbocycles. The summed E-state index contributed by atoms with van der Waals surface area (Å²) in [6.45, 7) is 4.94. The minimum Gasteiger partial charge on any atom is -0.496 e. The Morgan fingerprint density at radius 1 is 1.15 bits per heavy atom. The zero-order valence-electron chi connectivity index (χ0n) is 16.3. The summed E-state index contributed by atoms with van der Waals surface area (Å²) in [6, 6.07) is 8.09. The van der Waals surface area contributed by atoms with Gasteiger partial charge in [-0.1, -0.05) is 30.4 Å². The zero-order chi connectivity index (χ0) is 18.6. The Hall–Kier alpha value is -1.85. The van der Waals surface area contributed by atoms with E-state index in [1.807, 2.05) is 30.1 Å². The molecule has 1 spiro atoms. The van der Waals surface area contributed by atoms with Crippen molar-refractivity contribution in [2.75, 3.05) is 53.9 Å². The van der Waals surface area contributed by atoms with Crippen molar-refractivity contribution >= 4 is 12.0 Å². The van der Waals surface area contributed by atoms with Gasteiger partial charge in [0.15, 0.2) is 0 Å². The molecule has 5 heteroatoms. The minimum absolute atomic E-state index is 0.122. The predicted molar refractivity (Wildman–Crippen MR) is 105 cm³/mol. The molecule has 2 aliphatic rings. The van der Waals surface area contributed by atoms with Crippen molar-refractivity contribution in [3.63, 3.8) is 0 Å². The van der Waals surface area contributed by atoms with Crippen LogP contribution in [-0.2, 0) is 4.79 Å². The van der Waals surface area contributed by atoms with Crippen molar-refractivity contribution in [1.82, 2.24) is 14.7 Å². The second kappa shape index (κ2) is 8.23. The van der Waals surface area contributed by atoms with Crippen LogP contribution in [0.2, 0.25) is 0 Å². The lowest BCUT2D eigenvalue weighted by atomic mass is 9.86. The van der Waals surface area contributed by atoms with Gasteiger partial charge in [0.05, 0.1) is 7.11 Å². The third-order valence-corrected chi connectivity index (χ3v) is 6.02. The molecule has 0 aromatic heterocycles. The monoisotopic (exact) mass is 357 g/mol. The molecule has 2 fully saturated rings. The molecule has 3 rings (SSSR count). The number of hydrogen-bond acceptors (Lipinski definition) is 4. The summed E-state index contributed by atoms with van der Waals surface area (Å²) < 4.78 is 5.42. The lowest BCUT2D eigenvalue weighted by Crippen LogP contribution is -2.61. The maximum atomic E-state index is 12.1. The maximum absolute atomic E-state index is 12.1. The van der Waals surface area contributed by atoms with E-state index in [-0.39, 0.29) is 11.4 Å². The zero-order valence-corrected chi connectivity index (χ0v) is 16.3. The number of benzene rings is 1. The second-order valence-electron chi connectivity index (χ2n) is 7.59. The van der Waals surface area contributed by atoms with Gasteiger partial charge in [-0.15, -0.1) is 0 Å². The molecule has 1 amide bonds. The number of methoxy groups -OCH3 is 1. The number of hydrogen-bond donors (Lipinski definition) is 0. The molecule has 0 bridgehead atoms. The summed E-state index contributed by atoms with van der Waals surface area (Å²) in [5.41, 5.74) is 1.23. The number of carbonyl (C=O) groups is 1. The molecule has 1 atom stereocenters. The molecule has 1 aromatic carbocycles. The van der Waals surface area contributed by atoms with Gasteiger partial charge in [-0.25, -0.2) is 0 Å². The third-order valence-electron chi connectivity index (χ3n) is 6.02. The number of likely N-dealkylation sites (N-methyl/N-ethyl adjacent to an activating group) is 1. The van der Waals surface area contributed by atoms with Gasteiger partial charge >= 0.3 is 0 Å². The first kappa shape index (κ1) is 18.9. The number of rotatable bonds is 4. The summed E-state index contributed by atoms with van der Waals surface area (Å²) in [7, 11) is 5.86. The molecule has 0 aliphatic carbocycles. The quantitative estimate of drug-likeness (QED) is 0.829. The number of likely N-dealkylation sites (tertiary alicyclic amines) is 1. The molecule has 2 heterocycles. The van der Waals surface area contributed by atoms with E-state index >= 15 is 0 Å². The Balaban J connectivity index is 1.64. The Bertz CT molecular complexity index is 660. The van der Waals surface area contributed by atoms with Gasteiger partial charge in [0.25, 0.3) is 0 Å². The number of amides is 1. The largest absolute Gasteiger partial charge is 0.496 e. The van der Waals surface area contributed by atoms with E-state index in [0.717, 1.165) is 56.9 Å². The summed E-state index contributed by atoms with van der Waals surface area (Å²) in [4.78, 5) is 19.0. The van der Waals surface area contributed by atoms with E-state index in [2.05, 4.69) is 35.1 Å². The van der Waals surface area contributed by atoms with E-state index in [9.17, 15) is 4.79 Å². The van der Waals surface area contributed by atoms with Gasteiger partial charge in [-0.2, -0.15) is 0 Å². The normalized spacial score (nSPS) is 25.8. The summed E-state index contributed by atoms with van der Waals surface area (Å²) >= 11 is 0. The van der Waals surface area contributed by atoms with E-state index < -0.39 is 0 Å². The van der Waals surface area contributed by atoms with Gasteiger partial charge in [0, 0.05) is 57.3 Å². The fraction of sp³-hybridized carbons (Fsp3) is 0.571. The highest BCUT2D eigenvalue weighted by Gasteiger charge is 2.41. The highest BCUT2D eigenvalue weighted by Crippen LogP contribution is 2.31. The van der Waals surface area contributed by atoms with Crippen molar-refractivity contribution in [3.05, 3.63) is 35.9 Å². The molecular formula is C21H31N3O2. The fourth-order valence-corrected chi connectivity index (χ4v) is 4.13. The first-order chi connectivity index (χ1) is 12.5. The SMILES string of the molecule is COc1ccccc1/C=C/CN1CCN(C)[C@@]2(CCC(=O)N(C)CC2)C1. The topological polar surface area (TPSA) is 36.0 Å². The van der Waals surface area contributed by atoms with Crippen LogP contribution in [0.25, 0.3) is 6.08 Å². The maximum Gasteiger partial charge on any atom is 0.222 e. The van der Waals surface area contributed by atoms with Crippen LogP contribution < -0.4 is 4.74 Å². The van der Waals surface area contributed by atoms with Crippen LogP contribution in [0.5, 0.6) is 5.75 Å². The van der Waals surface area contributed by atoms with Crippen LogP contribution in [0, 0.1) is 0 Å². The van der Waals surface area contributed by atoms with E-state index in [4.69, 9.17) is 4.74 Å². The lowest BCUT2D eigenvalue weighted by molar-refractivity contribution is -0.129. The van der Waals surface area contributed by atoms with E-state index in [1.54, 1.807) is 7.11 Å². The molecule has 5 nitrogen and oxygen atoms in total. The molecule has 0 unspecified atom stereocenters. The van der Waals surface area contributed by atoms with Gasteiger partial charge in [0.2, 0.25) is 5.91 Å². The highest BCUT2D eigenvalue weighted by atomic mass is 16.5. The van der Waals surface area contributed by atoms with Crippen LogP contribution in [-0.4, -0.2) is 80.1 Å². The minimum atomic E-state index is 0.122. The van der Waals surface area contributed by atoms with Crippen LogP contribution in [0.1, 0.15) is 24.8 Å². The molecule has 0 radical (unpaired) electrons. The molecule has 26 heavy (non-hydrogen) atoms. The standard InChI is InChI=1S/C21H31N3O2/c1-22-14-12-21(11-10-20(22)25)17-24(16-15-23(21)2)13-6-8-18-7-4-5-9-19(18)26-3/h4-9H,10-17H2,1-3H3/b8-6+/t21-/m1/s1. The van der Waals surface area contributed by atoms with Crippen LogP contribution in [0.4, 0.5) is 0 Å². The van der Waals surface area contributed by atoms with Crippen LogP contribution in [0.3, 0.4) is 0 Å². The lowest BCUT2D eigenvalue weighted by Gasteiger charge is -2.49. The molecule has 0 N–H and O–H groups in total. The van der Waals surface area contributed by atoms with Crippen LogP contribution >= 0.6 is 0 Å². The number of ether oxygens (including phenoxy) is 1. The van der Waals surface area contributed by atoms with Crippen molar-refractivity contribution < 1.29 is 9.53 Å². The van der Waals surface area contributed by atoms with Crippen molar-refractivity contribution in [2.45, 2.75) is 24.8 Å².